The molecule has 3 N–H and O–H groups in total. The Morgan fingerprint density at radius 1 is 1.54 bits per heavy atom. The molecule has 1 aromatic carbocycles. The van der Waals surface area contributed by atoms with Gasteiger partial charge < -0.3 is 10.8 Å². The lowest BCUT2D eigenvalue weighted by Crippen LogP contribution is -2.19. The van der Waals surface area contributed by atoms with Crippen molar-refractivity contribution in [1.82, 2.24) is 0 Å². The van der Waals surface area contributed by atoms with E-state index >= 15 is 0 Å². The first kappa shape index (κ1) is 8.10. The topological polar surface area (TPSA) is 63.3 Å². The number of aromatic hydroxyl groups is 1. The summed E-state index contributed by atoms with van der Waals surface area (Å²) in [5, 5.41) is 9.21. The van der Waals surface area contributed by atoms with Crippen molar-refractivity contribution in [3.05, 3.63) is 29.3 Å². The van der Waals surface area contributed by atoms with Crippen molar-refractivity contribution in [3.8, 4) is 5.75 Å². The molecule has 1 aliphatic carbocycles. The highest BCUT2D eigenvalue weighted by atomic mass is 16.3. The third kappa shape index (κ3) is 1.26. The average Bonchev–Trinajstić information content (AvgIpc) is 2.46. The van der Waals surface area contributed by atoms with E-state index in [1.54, 1.807) is 18.2 Å². The smallest absolute Gasteiger partial charge is 0.224 e. The second kappa shape index (κ2) is 2.76. The SMILES string of the molecule is NC(=O)[C@H]1CCc2cc(O)ccc21. The normalized spacial score (nSPS) is 19.8. The minimum Gasteiger partial charge on any atom is -0.508 e. The number of phenols is 1. The Kier molecular flexibility index (Phi) is 1.72. The second-order valence-electron chi connectivity index (χ2n) is 3.38. The third-order valence-corrected chi connectivity index (χ3v) is 2.55. The van der Waals surface area contributed by atoms with E-state index in [1.165, 1.54) is 0 Å². The third-order valence-electron chi connectivity index (χ3n) is 2.55. The Morgan fingerprint density at radius 2 is 2.31 bits per heavy atom. The number of aryl methyl sites for hydroxylation is 1. The van der Waals surface area contributed by atoms with Gasteiger partial charge in [-0.15, -0.1) is 0 Å². The number of phenolic OH excluding ortho intramolecular Hbond substituents is 1. The van der Waals surface area contributed by atoms with E-state index in [0.29, 0.717) is 0 Å². The zero-order valence-electron chi connectivity index (χ0n) is 7.16. The molecule has 0 unspecified atom stereocenters. The second-order valence-corrected chi connectivity index (χ2v) is 3.38. The van der Waals surface area contributed by atoms with Gasteiger partial charge in [0, 0.05) is 0 Å². The van der Waals surface area contributed by atoms with Crippen LogP contribution in [0.2, 0.25) is 0 Å². The number of rotatable bonds is 1. The lowest BCUT2D eigenvalue weighted by atomic mass is 10.0. The highest BCUT2D eigenvalue weighted by Crippen LogP contribution is 2.34. The van der Waals surface area contributed by atoms with Gasteiger partial charge in [-0.2, -0.15) is 0 Å². The van der Waals surface area contributed by atoms with Gasteiger partial charge in [0.15, 0.2) is 0 Å². The van der Waals surface area contributed by atoms with Crippen molar-refractivity contribution in [2.45, 2.75) is 18.8 Å². The summed E-state index contributed by atoms with van der Waals surface area (Å²) in [6, 6.07) is 5.09. The molecule has 0 radical (unpaired) electrons. The summed E-state index contributed by atoms with van der Waals surface area (Å²) in [6.45, 7) is 0. The van der Waals surface area contributed by atoms with Gasteiger partial charge in [-0.25, -0.2) is 0 Å². The van der Waals surface area contributed by atoms with Gasteiger partial charge in [0.1, 0.15) is 5.75 Å². The maximum absolute atomic E-state index is 11.0. The number of carbonyl (C=O) groups is 1. The quantitative estimate of drug-likeness (QED) is 0.669. The summed E-state index contributed by atoms with van der Waals surface area (Å²) in [4.78, 5) is 11.0. The van der Waals surface area contributed by atoms with Crippen LogP contribution in [0.3, 0.4) is 0 Å². The summed E-state index contributed by atoms with van der Waals surface area (Å²) in [6.07, 6.45) is 1.60. The average molecular weight is 177 g/mol. The van der Waals surface area contributed by atoms with Crippen LogP contribution < -0.4 is 5.73 Å². The van der Waals surface area contributed by atoms with Crippen molar-refractivity contribution in [3.63, 3.8) is 0 Å². The van der Waals surface area contributed by atoms with E-state index in [1.807, 2.05) is 0 Å². The number of amides is 1. The molecule has 3 heteroatoms. The van der Waals surface area contributed by atoms with Crippen LogP contribution in [0.1, 0.15) is 23.5 Å². The number of benzene rings is 1. The van der Waals surface area contributed by atoms with E-state index in [0.717, 1.165) is 24.0 Å². The lowest BCUT2D eigenvalue weighted by Gasteiger charge is -2.05. The predicted octanol–water partition coefficient (Wildman–Crippen LogP) is 0.907. The van der Waals surface area contributed by atoms with Crippen molar-refractivity contribution in [1.29, 1.82) is 0 Å². The van der Waals surface area contributed by atoms with Gasteiger partial charge in [-0.05, 0) is 36.1 Å². The van der Waals surface area contributed by atoms with E-state index in [-0.39, 0.29) is 17.6 Å². The largest absolute Gasteiger partial charge is 0.508 e. The van der Waals surface area contributed by atoms with E-state index < -0.39 is 0 Å². The molecule has 13 heavy (non-hydrogen) atoms. The molecule has 0 saturated heterocycles. The Morgan fingerprint density at radius 3 is 3.00 bits per heavy atom. The molecule has 1 atom stereocenters. The monoisotopic (exact) mass is 177 g/mol. The first-order valence-electron chi connectivity index (χ1n) is 4.29. The molecule has 0 aliphatic heterocycles. The predicted molar refractivity (Wildman–Crippen MR) is 48.4 cm³/mol. The zero-order valence-corrected chi connectivity index (χ0v) is 7.16. The first-order chi connectivity index (χ1) is 6.18. The number of fused-ring (bicyclic) bond motifs is 1. The molecule has 0 saturated carbocycles. The van der Waals surface area contributed by atoms with Crippen LogP contribution in [0.4, 0.5) is 0 Å². The Bertz CT molecular complexity index is 360. The van der Waals surface area contributed by atoms with Crippen LogP contribution in [0.15, 0.2) is 18.2 Å². The standard InChI is InChI=1S/C10H11NO2/c11-10(13)9-3-1-6-5-7(12)2-4-8(6)9/h2,4-5,9,12H,1,3H2,(H2,11,13)/t9-/m0/s1. The van der Waals surface area contributed by atoms with Crippen molar-refractivity contribution in [2.24, 2.45) is 5.73 Å². The Balaban J connectivity index is 2.44. The maximum atomic E-state index is 11.0. The fourth-order valence-corrected chi connectivity index (χ4v) is 1.90. The minimum absolute atomic E-state index is 0.157. The Labute approximate surface area is 76.2 Å². The fourth-order valence-electron chi connectivity index (χ4n) is 1.90. The number of hydrogen-bond acceptors (Lipinski definition) is 2. The van der Waals surface area contributed by atoms with Crippen LogP contribution in [0.5, 0.6) is 5.75 Å². The molecule has 0 bridgehead atoms. The highest BCUT2D eigenvalue weighted by molar-refractivity contribution is 5.83. The van der Waals surface area contributed by atoms with Crippen molar-refractivity contribution < 1.29 is 9.90 Å². The molecule has 0 heterocycles. The van der Waals surface area contributed by atoms with Crippen LogP contribution in [0.25, 0.3) is 0 Å². The summed E-state index contributed by atoms with van der Waals surface area (Å²) in [5.74, 6) is -0.177. The van der Waals surface area contributed by atoms with Gasteiger partial charge in [0.2, 0.25) is 5.91 Å². The van der Waals surface area contributed by atoms with Gasteiger partial charge in [-0.3, -0.25) is 4.79 Å². The Hall–Kier alpha value is -1.51. The zero-order chi connectivity index (χ0) is 9.42. The first-order valence-corrected chi connectivity index (χ1v) is 4.29. The molecule has 0 aromatic heterocycles. The summed E-state index contributed by atoms with van der Waals surface area (Å²) in [7, 11) is 0. The number of primary amides is 1. The molecule has 68 valence electrons. The minimum atomic E-state index is -0.274. The highest BCUT2D eigenvalue weighted by Gasteiger charge is 2.26. The fraction of sp³-hybridized carbons (Fsp3) is 0.300. The van der Waals surface area contributed by atoms with E-state index in [2.05, 4.69) is 0 Å². The molecule has 0 spiro atoms. The van der Waals surface area contributed by atoms with Gasteiger partial charge in [0.25, 0.3) is 0 Å². The van der Waals surface area contributed by atoms with Crippen molar-refractivity contribution >= 4 is 5.91 Å². The molecular weight excluding hydrogens is 166 g/mol. The molecule has 0 fully saturated rings. The maximum Gasteiger partial charge on any atom is 0.224 e. The molecule has 2 rings (SSSR count). The molecule has 1 amide bonds. The van der Waals surface area contributed by atoms with Gasteiger partial charge >= 0.3 is 0 Å². The van der Waals surface area contributed by atoms with E-state index in [4.69, 9.17) is 5.73 Å². The van der Waals surface area contributed by atoms with Crippen LogP contribution >= 0.6 is 0 Å². The summed E-state index contributed by atoms with van der Waals surface area (Å²) < 4.78 is 0. The number of carbonyl (C=O) groups excluding carboxylic acids is 1. The number of hydrogen-bond donors (Lipinski definition) is 2. The molecule has 1 aliphatic rings. The molecule has 3 nitrogen and oxygen atoms in total. The van der Waals surface area contributed by atoms with Crippen molar-refractivity contribution in [2.75, 3.05) is 0 Å². The lowest BCUT2D eigenvalue weighted by molar-refractivity contribution is -0.119. The molecule has 1 aromatic rings. The summed E-state index contributed by atoms with van der Waals surface area (Å²) >= 11 is 0. The number of nitrogens with two attached hydrogens (primary N) is 1. The van der Waals surface area contributed by atoms with Gasteiger partial charge in [-0.1, -0.05) is 6.07 Å². The summed E-state index contributed by atoms with van der Waals surface area (Å²) in [5.41, 5.74) is 7.27. The van der Waals surface area contributed by atoms with Crippen LogP contribution in [0, 0.1) is 0 Å². The van der Waals surface area contributed by atoms with Crippen LogP contribution in [-0.2, 0) is 11.2 Å². The van der Waals surface area contributed by atoms with E-state index in [9.17, 15) is 9.90 Å². The van der Waals surface area contributed by atoms with Gasteiger partial charge in [0.05, 0.1) is 5.92 Å². The van der Waals surface area contributed by atoms with Crippen LogP contribution in [-0.4, -0.2) is 11.0 Å². The molecular formula is C10H11NO2.